The molecule has 4 aromatic carbocycles. The van der Waals surface area contributed by atoms with Gasteiger partial charge in [-0.1, -0.05) is 80.0 Å². The molecule has 0 amide bonds. The first-order chi connectivity index (χ1) is 15.1. The van der Waals surface area contributed by atoms with Gasteiger partial charge in [0.15, 0.2) is 0 Å². The summed E-state index contributed by atoms with van der Waals surface area (Å²) in [5.74, 6) is 0. The Bertz CT molecular complexity index is 1630. The summed E-state index contributed by atoms with van der Waals surface area (Å²) in [4.78, 5) is 0. The summed E-state index contributed by atoms with van der Waals surface area (Å²) < 4.78 is 2.40. The fraction of sp³-hybridized carbons (Fsp3) is 0.107. The SMILES string of the molecule is CC1(C)c2ccccc2B2c3c(C#N)cccc3-n3c4ccccc4c4ccc1c2c43. The van der Waals surface area contributed by atoms with Gasteiger partial charge in [-0.05, 0) is 40.3 Å². The van der Waals surface area contributed by atoms with Gasteiger partial charge in [-0.3, -0.25) is 0 Å². The molecular formula is C28H19BN2. The Kier molecular flexibility index (Phi) is 3.00. The fourth-order valence-corrected chi connectivity index (χ4v) is 6.24. The molecule has 2 aliphatic heterocycles. The molecule has 3 heterocycles. The van der Waals surface area contributed by atoms with Crippen molar-refractivity contribution in [1.82, 2.24) is 4.57 Å². The van der Waals surface area contributed by atoms with Crippen molar-refractivity contribution in [2.45, 2.75) is 19.3 Å². The zero-order valence-electron chi connectivity index (χ0n) is 17.5. The monoisotopic (exact) mass is 394 g/mol. The highest BCUT2D eigenvalue weighted by molar-refractivity contribution is 6.99. The third kappa shape index (κ3) is 1.85. The first-order valence-corrected chi connectivity index (χ1v) is 10.8. The summed E-state index contributed by atoms with van der Waals surface area (Å²) in [6, 6.07) is 30.8. The van der Waals surface area contributed by atoms with Crippen LogP contribution in [0.5, 0.6) is 0 Å². The standard InChI is InChI=1S/C28H19BN2/c1-28(2)20-10-4-5-11-22(20)29-25-17(16-30)8-7-13-24(25)31-23-12-6-3-9-18(23)19-14-15-21(28)26(29)27(19)31/h3-15H,1-2H3. The molecule has 144 valence electrons. The number of hydrogen-bond donors (Lipinski definition) is 0. The summed E-state index contributed by atoms with van der Waals surface area (Å²) in [5, 5.41) is 12.7. The number of benzene rings is 4. The van der Waals surface area contributed by atoms with E-state index >= 15 is 0 Å². The van der Waals surface area contributed by atoms with Gasteiger partial charge in [0.1, 0.15) is 0 Å². The lowest BCUT2D eigenvalue weighted by molar-refractivity contribution is 0.646. The molecule has 3 heteroatoms. The minimum Gasteiger partial charge on any atom is -0.310 e. The lowest BCUT2D eigenvalue weighted by Crippen LogP contribution is -2.63. The van der Waals surface area contributed by atoms with Crippen molar-refractivity contribution in [2.24, 2.45) is 0 Å². The van der Waals surface area contributed by atoms with Crippen LogP contribution in [0, 0.1) is 11.3 Å². The second-order valence-electron chi connectivity index (χ2n) is 9.27. The van der Waals surface area contributed by atoms with Crippen LogP contribution in [0.4, 0.5) is 0 Å². The van der Waals surface area contributed by atoms with Gasteiger partial charge in [0.25, 0.3) is 0 Å². The van der Waals surface area contributed by atoms with E-state index in [0.29, 0.717) is 0 Å². The smallest absolute Gasteiger partial charge is 0.249 e. The van der Waals surface area contributed by atoms with Crippen molar-refractivity contribution in [3.8, 4) is 11.8 Å². The number of nitrogens with zero attached hydrogens (tertiary/aromatic N) is 2. The molecule has 0 aliphatic carbocycles. The summed E-state index contributed by atoms with van der Waals surface area (Å²) >= 11 is 0. The molecule has 31 heavy (non-hydrogen) atoms. The molecule has 0 fully saturated rings. The maximum atomic E-state index is 10.1. The van der Waals surface area contributed by atoms with Crippen molar-refractivity contribution in [3.05, 3.63) is 95.6 Å². The molecule has 0 radical (unpaired) electrons. The molecule has 0 N–H and O–H groups in total. The summed E-state index contributed by atoms with van der Waals surface area (Å²) in [6.07, 6.45) is 0. The number of aromatic nitrogens is 1. The molecule has 0 atom stereocenters. The van der Waals surface area contributed by atoms with Crippen LogP contribution in [0.3, 0.4) is 0 Å². The zero-order valence-corrected chi connectivity index (χ0v) is 17.5. The number of nitriles is 1. The van der Waals surface area contributed by atoms with E-state index in [1.807, 2.05) is 12.1 Å². The molecule has 0 saturated heterocycles. The van der Waals surface area contributed by atoms with Crippen LogP contribution < -0.4 is 16.4 Å². The summed E-state index contributed by atoms with van der Waals surface area (Å²) in [7, 11) is 0. The third-order valence-corrected chi connectivity index (χ3v) is 7.52. The minimum absolute atomic E-state index is 0.0746. The van der Waals surface area contributed by atoms with Crippen LogP contribution in [0.2, 0.25) is 0 Å². The van der Waals surface area contributed by atoms with E-state index in [0.717, 1.165) is 16.7 Å². The average molecular weight is 394 g/mol. The summed E-state index contributed by atoms with van der Waals surface area (Å²) in [5.41, 5.74) is 10.9. The maximum Gasteiger partial charge on any atom is 0.249 e. The number of para-hydroxylation sites is 1. The Morgan fingerprint density at radius 3 is 2.45 bits per heavy atom. The first kappa shape index (κ1) is 17.0. The predicted molar refractivity (Wildman–Crippen MR) is 129 cm³/mol. The van der Waals surface area contributed by atoms with Crippen LogP contribution in [-0.2, 0) is 5.41 Å². The maximum absolute atomic E-state index is 10.1. The molecule has 0 spiro atoms. The highest BCUT2D eigenvalue weighted by Crippen LogP contribution is 2.40. The van der Waals surface area contributed by atoms with E-state index in [4.69, 9.17) is 0 Å². The number of hydrogen-bond acceptors (Lipinski definition) is 1. The van der Waals surface area contributed by atoms with Crippen molar-refractivity contribution in [2.75, 3.05) is 0 Å². The van der Waals surface area contributed by atoms with E-state index in [2.05, 4.69) is 91.2 Å². The van der Waals surface area contributed by atoms with Crippen LogP contribution in [0.1, 0.15) is 30.5 Å². The van der Waals surface area contributed by atoms with Crippen LogP contribution in [-0.4, -0.2) is 11.3 Å². The molecule has 7 rings (SSSR count). The van der Waals surface area contributed by atoms with E-state index in [1.165, 1.54) is 43.9 Å². The fourth-order valence-electron chi connectivity index (χ4n) is 6.24. The Labute approximate surface area is 181 Å². The largest absolute Gasteiger partial charge is 0.310 e. The molecule has 0 unspecified atom stereocenters. The molecule has 2 aliphatic rings. The molecule has 5 aromatic rings. The van der Waals surface area contributed by atoms with Gasteiger partial charge in [0.05, 0.1) is 11.6 Å². The van der Waals surface area contributed by atoms with Crippen molar-refractivity contribution >= 4 is 44.9 Å². The van der Waals surface area contributed by atoms with E-state index in [-0.39, 0.29) is 12.1 Å². The zero-order chi connectivity index (χ0) is 20.9. The van der Waals surface area contributed by atoms with Gasteiger partial charge < -0.3 is 4.57 Å². The lowest BCUT2D eigenvalue weighted by atomic mass is 9.30. The quantitative estimate of drug-likeness (QED) is 0.356. The Morgan fingerprint density at radius 2 is 1.58 bits per heavy atom. The molecule has 1 aromatic heterocycles. The third-order valence-electron chi connectivity index (χ3n) is 7.52. The Hall–Kier alpha value is -3.77. The second-order valence-corrected chi connectivity index (χ2v) is 9.27. The highest BCUT2D eigenvalue weighted by Gasteiger charge is 2.45. The summed E-state index contributed by atoms with van der Waals surface area (Å²) in [6.45, 7) is 4.74. The Morgan fingerprint density at radius 1 is 0.774 bits per heavy atom. The molecule has 0 saturated carbocycles. The lowest BCUT2D eigenvalue weighted by Gasteiger charge is -2.41. The van der Waals surface area contributed by atoms with Gasteiger partial charge >= 0.3 is 0 Å². The Balaban J connectivity index is 1.81. The van der Waals surface area contributed by atoms with E-state index in [9.17, 15) is 5.26 Å². The first-order valence-electron chi connectivity index (χ1n) is 10.8. The van der Waals surface area contributed by atoms with E-state index < -0.39 is 0 Å². The second kappa shape index (κ2) is 5.48. The molecular weight excluding hydrogens is 375 g/mol. The topological polar surface area (TPSA) is 28.7 Å². The van der Waals surface area contributed by atoms with Gasteiger partial charge in [0.2, 0.25) is 6.71 Å². The minimum atomic E-state index is -0.100. The van der Waals surface area contributed by atoms with Crippen molar-refractivity contribution < 1.29 is 0 Å². The van der Waals surface area contributed by atoms with Crippen molar-refractivity contribution in [3.63, 3.8) is 0 Å². The van der Waals surface area contributed by atoms with Crippen LogP contribution in [0.15, 0.2) is 78.9 Å². The number of fused-ring (bicyclic) bond motifs is 8. The molecule has 2 nitrogen and oxygen atoms in total. The number of rotatable bonds is 0. The average Bonchev–Trinajstić information content (AvgIpc) is 3.14. The van der Waals surface area contributed by atoms with Crippen molar-refractivity contribution in [1.29, 1.82) is 5.26 Å². The molecule has 0 bridgehead atoms. The van der Waals surface area contributed by atoms with Gasteiger partial charge in [0, 0.05) is 33.0 Å². The van der Waals surface area contributed by atoms with Gasteiger partial charge in [-0.2, -0.15) is 5.26 Å². The van der Waals surface area contributed by atoms with Gasteiger partial charge in [-0.25, -0.2) is 0 Å². The van der Waals surface area contributed by atoms with Gasteiger partial charge in [-0.15, -0.1) is 0 Å². The normalized spacial score (nSPS) is 14.9. The predicted octanol–water partition coefficient (Wildman–Crippen LogP) is 4.12. The highest BCUT2D eigenvalue weighted by atomic mass is 15.0. The van der Waals surface area contributed by atoms with E-state index in [1.54, 1.807) is 0 Å². The van der Waals surface area contributed by atoms with Crippen LogP contribution >= 0.6 is 0 Å². The van der Waals surface area contributed by atoms with Crippen LogP contribution in [0.25, 0.3) is 27.5 Å².